The number of anilines is 1. The van der Waals surface area contributed by atoms with Crippen LogP contribution in [0.4, 0.5) is 5.13 Å². The van der Waals surface area contributed by atoms with E-state index >= 15 is 0 Å². The van der Waals surface area contributed by atoms with Gasteiger partial charge in [0.1, 0.15) is 23.4 Å². The summed E-state index contributed by atoms with van der Waals surface area (Å²) in [5, 5.41) is 21.4. The molecule has 0 aliphatic heterocycles. The fraction of sp³-hybridized carbons (Fsp3) is 0.348. The lowest BCUT2D eigenvalue weighted by Crippen LogP contribution is -2.13. The Morgan fingerprint density at radius 3 is 2.51 bits per heavy atom. The largest absolute Gasteiger partial charge is 0.491 e. The van der Waals surface area contributed by atoms with Crippen LogP contribution in [0, 0.1) is 0 Å². The monoisotopic (exact) mass is 519 g/mol. The van der Waals surface area contributed by atoms with Gasteiger partial charge >= 0.3 is 0 Å². The van der Waals surface area contributed by atoms with Crippen molar-refractivity contribution >= 4 is 32.2 Å². The molecular weight excluding hydrogens is 494 g/mol. The van der Waals surface area contributed by atoms with Crippen molar-refractivity contribution in [2.45, 2.75) is 49.2 Å². The van der Waals surface area contributed by atoms with E-state index in [1.54, 1.807) is 12.1 Å². The zero-order valence-electron chi connectivity index (χ0n) is 19.0. The van der Waals surface area contributed by atoms with E-state index in [9.17, 15) is 18.3 Å². The Labute approximate surface area is 206 Å². The summed E-state index contributed by atoms with van der Waals surface area (Å²) >= 11 is 1.05. The van der Waals surface area contributed by atoms with Gasteiger partial charge in [-0.15, -0.1) is 0 Å². The highest BCUT2D eigenvalue weighted by Gasteiger charge is 2.37. The molecule has 1 unspecified atom stereocenters. The summed E-state index contributed by atoms with van der Waals surface area (Å²) in [6, 6.07) is 7.61. The number of amides is 1. The minimum Gasteiger partial charge on any atom is -0.491 e. The molecule has 0 bridgehead atoms. The first-order chi connectivity index (χ1) is 16.7. The van der Waals surface area contributed by atoms with Gasteiger partial charge in [0, 0.05) is 17.8 Å². The molecule has 35 heavy (non-hydrogen) atoms. The minimum atomic E-state index is -3.40. The average molecular weight is 520 g/mol. The molecular formula is C23H25N3O7S2. The fourth-order valence-corrected chi connectivity index (χ4v) is 5.48. The number of aromatic nitrogens is 2. The molecule has 0 spiro atoms. The highest BCUT2D eigenvalue weighted by molar-refractivity contribution is 7.92. The third-order valence-electron chi connectivity index (χ3n) is 4.96. The number of carbonyl (C=O) groups excluding carboxylic acids is 1. The summed E-state index contributed by atoms with van der Waals surface area (Å²) < 4.78 is 36.3. The van der Waals surface area contributed by atoms with Gasteiger partial charge in [0.25, 0.3) is 5.91 Å². The lowest BCUT2D eigenvalue weighted by Gasteiger charge is -2.14. The molecule has 4 rings (SSSR count). The number of sulfone groups is 1. The summed E-state index contributed by atoms with van der Waals surface area (Å²) in [6.45, 7) is 3.24. The first-order valence-corrected chi connectivity index (χ1v) is 13.3. The lowest BCUT2D eigenvalue weighted by atomic mass is 10.2. The molecule has 2 aromatic heterocycles. The van der Waals surface area contributed by atoms with Gasteiger partial charge in [0.05, 0.1) is 29.0 Å². The fourth-order valence-electron chi connectivity index (χ4n) is 3.14. The van der Waals surface area contributed by atoms with Crippen molar-refractivity contribution in [3.8, 4) is 17.2 Å². The maximum atomic E-state index is 12.9. The van der Waals surface area contributed by atoms with E-state index in [0.29, 0.717) is 35.0 Å². The number of aliphatic hydroxyl groups is 2. The highest BCUT2D eigenvalue weighted by Crippen LogP contribution is 2.34. The Kier molecular flexibility index (Phi) is 7.36. The number of hydrogen-bond acceptors (Lipinski definition) is 10. The second-order valence-corrected chi connectivity index (χ2v) is 11.5. The maximum absolute atomic E-state index is 12.9. The summed E-state index contributed by atoms with van der Waals surface area (Å²) in [4.78, 5) is 21.4. The van der Waals surface area contributed by atoms with Gasteiger partial charge in [-0.3, -0.25) is 10.1 Å². The van der Waals surface area contributed by atoms with Gasteiger partial charge in [-0.1, -0.05) is 11.3 Å². The first-order valence-electron chi connectivity index (χ1n) is 10.9. The Balaban J connectivity index is 1.54. The number of carbonyl (C=O) groups is 1. The van der Waals surface area contributed by atoms with Crippen LogP contribution in [-0.2, 0) is 9.84 Å². The van der Waals surface area contributed by atoms with Gasteiger partial charge in [-0.2, -0.15) is 0 Å². The molecule has 1 saturated carbocycles. The van der Waals surface area contributed by atoms with Crippen LogP contribution in [0.25, 0.3) is 0 Å². The standard InChI is InChI=1S/C23H25N3O7S2/c1-13(2)32-16-7-14(22(29)26-23-25-11-20(34-23)19(28)12-27)8-17(9-16)33-15-3-6-21(24-10-15)35(30,31)18-4-5-18/h3,6-11,13,18-19,27-28H,4-5,12H2,1-2H3,(H,25,26,29). The number of nitrogens with one attached hydrogen (secondary N) is 1. The first kappa shape index (κ1) is 25.0. The van der Waals surface area contributed by atoms with Crippen LogP contribution in [0.15, 0.2) is 47.8 Å². The molecule has 1 aliphatic rings. The molecule has 3 aromatic rings. The summed E-state index contributed by atoms with van der Waals surface area (Å²) in [5.74, 6) is 0.519. The summed E-state index contributed by atoms with van der Waals surface area (Å²) in [6.07, 6.45) is 2.79. The van der Waals surface area contributed by atoms with Crippen molar-refractivity contribution in [3.05, 3.63) is 53.2 Å². The molecule has 0 saturated heterocycles. The molecule has 2 heterocycles. The number of rotatable bonds is 10. The van der Waals surface area contributed by atoms with Crippen molar-refractivity contribution in [3.63, 3.8) is 0 Å². The van der Waals surface area contributed by atoms with Gasteiger partial charge in [-0.25, -0.2) is 18.4 Å². The molecule has 12 heteroatoms. The van der Waals surface area contributed by atoms with E-state index in [1.807, 2.05) is 13.8 Å². The van der Waals surface area contributed by atoms with Crippen molar-refractivity contribution in [2.75, 3.05) is 11.9 Å². The van der Waals surface area contributed by atoms with Gasteiger partial charge in [0.2, 0.25) is 0 Å². The maximum Gasteiger partial charge on any atom is 0.257 e. The predicted octanol–water partition coefficient (Wildman–Crippen LogP) is 3.33. The summed E-state index contributed by atoms with van der Waals surface area (Å²) in [7, 11) is -3.40. The van der Waals surface area contributed by atoms with E-state index in [1.165, 1.54) is 30.6 Å². The van der Waals surface area contributed by atoms with Crippen LogP contribution in [0.3, 0.4) is 0 Å². The van der Waals surface area contributed by atoms with Gasteiger partial charge < -0.3 is 19.7 Å². The van der Waals surface area contributed by atoms with Crippen LogP contribution in [0.2, 0.25) is 0 Å². The van der Waals surface area contributed by atoms with Crippen LogP contribution in [-0.4, -0.2) is 52.5 Å². The Hall–Kier alpha value is -3.06. The van der Waals surface area contributed by atoms with Gasteiger partial charge in [0.15, 0.2) is 20.0 Å². The molecule has 3 N–H and O–H groups in total. The third-order valence-corrected chi connectivity index (χ3v) is 8.15. The van der Waals surface area contributed by atoms with E-state index < -0.39 is 28.5 Å². The van der Waals surface area contributed by atoms with Gasteiger partial charge in [-0.05, 0) is 51.0 Å². The number of pyridine rings is 1. The summed E-state index contributed by atoms with van der Waals surface area (Å²) in [5.41, 5.74) is 0.235. The van der Waals surface area contributed by atoms with E-state index in [-0.39, 0.29) is 27.1 Å². The second-order valence-electron chi connectivity index (χ2n) is 8.26. The van der Waals surface area contributed by atoms with E-state index in [2.05, 4.69) is 15.3 Å². The van der Waals surface area contributed by atoms with Crippen LogP contribution < -0.4 is 14.8 Å². The number of ether oxygens (including phenoxy) is 2. The number of aliphatic hydroxyl groups excluding tert-OH is 2. The highest BCUT2D eigenvalue weighted by atomic mass is 32.2. The number of benzene rings is 1. The number of thiazole rings is 1. The zero-order chi connectivity index (χ0) is 25.2. The van der Waals surface area contributed by atoms with E-state index in [0.717, 1.165) is 11.3 Å². The van der Waals surface area contributed by atoms with Crippen molar-refractivity contribution in [1.82, 2.24) is 9.97 Å². The van der Waals surface area contributed by atoms with Crippen molar-refractivity contribution in [2.24, 2.45) is 0 Å². The van der Waals surface area contributed by atoms with Crippen molar-refractivity contribution < 1.29 is 32.9 Å². The SMILES string of the molecule is CC(C)Oc1cc(Oc2ccc(S(=O)(=O)C3CC3)nc2)cc(C(=O)Nc2ncc(C(O)CO)s2)c1. The minimum absolute atomic E-state index is 0.0124. The quantitative estimate of drug-likeness (QED) is 0.367. The van der Waals surface area contributed by atoms with Crippen LogP contribution >= 0.6 is 11.3 Å². The molecule has 10 nitrogen and oxygen atoms in total. The Bertz CT molecular complexity index is 1300. The average Bonchev–Trinajstić information content (AvgIpc) is 3.58. The molecule has 186 valence electrons. The molecule has 1 fully saturated rings. The Morgan fingerprint density at radius 1 is 1.14 bits per heavy atom. The number of nitrogens with zero attached hydrogens (tertiary/aromatic N) is 2. The van der Waals surface area contributed by atoms with Crippen LogP contribution in [0.5, 0.6) is 17.2 Å². The molecule has 0 radical (unpaired) electrons. The Morgan fingerprint density at radius 2 is 1.89 bits per heavy atom. The normalized spacial score (nSPS) is 14.5. The lowest BCUT2D eigenvalue weighted by molar-refractivity contribution is 0.0982. The third kappa shape index (κ3) is 6.14. The number of hydrogen-bond donors (Lipinski definition) is 3. The molecule has 1 amide bonds. The molecule has 1 atom stereocenters. The smallest absolute Gasteiger partial charge is 0.257 e. The second kappa shape index (κ2) is 10.3. The predicted molar refractivity (Wildman–Crippen MR) is 129 cm³/mol. The van der Waals surface area contributed by atoms with E-state index in [4.69, 9.17) is 14.6 Å². The molecule has 1 aliphatic carbocycles. The topological polar surface area (TPSA) is 148 Å². The molecule has 1 aromatic carbocycles. The zero-order valence-corrected chi connectivity index (χ0v) is 20.7. The van der Waals surface area contributed by atoms with Crippen molar-refractivity contribution in [1.29, 1.82) is 0 Å². The van der Waals surface area contributed by atoms with Crippen LogP contribution in [0.1, 0.15) is 48.0 Å².